The summed E-state index contributed by atoms with van der Waals surface area (Å²) in [7, 11) is -7.65. The molecule has 0 bridgehead atoms. The number of esters is 1. The minimum atomic E-state index is -3.83. The Kier molecular flexibility index (Phi) is 8.76. The number of piperazine rings is 1. The summed E-state index contributed by atoms with van der Waals surface area (Å²) in [5.74, 6) is -0.897. The Labute approximate surface area is 229 Å². The average molecular weight is 580 g/mol. The van der Waals surface area contributed by atoms with Gasteiger partial charge in [0, 0.05) is 44.8 Å². The second-order valence-corrected chi connectivity index (χ2v) is 13.4. The molecule has 2 aromatic carbocycles. The summed E-state index contributed by atoms with van der Waals surface area (Å²) < 4.78 is 66.0. The van der Waals surface area contributed by atoms with Gasteiger partial charge in [0.1, 0.15) is 0 Å². The molecule has 0 radical (unpaired) electrons. The van der Waals surface area contributed by atoms with Crippen LogP contribution in [0.15, 0.2) is 58.3 Å². The predicted octanol–water partition coefficient (Wildman–Crippen LogP) is 1.81. The zero-order valence-corrected chi connectivity index (χ0v) is 23.8. The third kappa shape index (κ3) is 6.33. The van der Waals surface area contributed by atoms with E-state index in [9.17, 15) is 26.4 Å². The average Bonchev–Trinajstić information content (AvgIpc) is 2.92. The monoisotopic (exact) mass is 579 g/mol. The highest BCUT2D eigenvalue weighted by molar-refractivity contribution is 7.89. The van der Waals surface area contributed by atoms with Gasteiger partial charge in [0.25, 0.3) is 5.91 Å². The van der Waals surface area contributed by atoms with Crippen LogP contribution in [0.4, 0.5) is 0 Å². The van der Waals surface area contributed by atoms with Crippen LogP contribution in [0.1, 0.15) is 41.5 Å². The Balaban J connectivity index is 1.42. The summed E-state index contributed by atoms with van der Waals surface area (Å²) in [6.45, 7) is 6.44. The molecule has 2 aromatic rings. The van der Waals surface area contributed by atoms with Crippen molar-refractivity contribution in [2.75, 3.05) is 45.9 Å². The van der Waals surface area contributed by atoms with E-state index in [1.807, 2.05) is 13.8 Å². The highest BCUT2D eigenvalue weighted by Gasteiger charge is 2.34. The van der Waals surface area contributed by atoms with Crippen LogP contribution in [0.3, 0.4) is 0 Å². The lowest BCUT2D eigenvalue weighted by Gasteiger charge is -2.35. The maximum atomic E-state index is 13.3. The van der Waals surface area contributed by atoms with Gasteiger partial charge >= 0.3 is 5.97 Å². The van der Waals surface area contributed by atoms with Crippen molar-refractivity contribution in [1.82, 2.24) is 13.5 Å². The lowest BCUT2D eigenvalue weighted by atomic mass is 10.2. The van der Waals surface area contributed by atoms with Gasteiger partial charge < -0.3 is 14.4 Å². The fourth-order valence-electron chi connectivity index (χ4n) is 4.71. The van der Waals surface area contributed by atoms with E-state index in [2.05, 4.69) is 0 Å². The van der Waals surface area contributed by atoms with E-state index in [4.69, 9.17) is 9.47 Å². The Hall–Kier alpha value is -2.84. The highest BCUT2D eigenvalue weighted by atomic mass is 32.2. The molecule has 2 saturated heterocycles. The number of amides is 1. The van der Waals surface area contributed by atoms with Crippen LogP contribution in [0, 0.1) is 0 Å². The van der Waals surface area contributed by atoms with Crippen LogP contribution in [0.2, 0.25) is 0 Å². The Morgan fingerprint density at radius 3 is 2.00 bits per heavy atom. The van der Waals surface area contributed by atoms with Crippen molar-refractivity contribution in [1.29, 1.82) is 0 Å². The number of ether oxygens (including phenoxy) is 2. The lowest BCUT2D eigenvalue weighted by Crippen LogP contribution is -2.50. The first-order chi connectivity index (χ1) is 18.4. The first-order valence-corrected chi connectivity index (χ1v) is 15.6. The summed E-state index contributed by atoms with van der Waals surface area (Å²) in [6, 6.07) is 11.5. The number of hydrogen-bond acceptors (Lipinski definition) is 8. The van der Waals surface area contributed by atoms with E-state index in [0.29, 0.717) is 0 Å². The van der Waals surface area contributed by atoms with Crippen molar-refractivity contribution in [2.24, 2.45) is 0 Å². The summed E-state index contributed by atoms with van der Waals surface area (Å²) in [4.78, 5) is 26.7. The van der Waals surface area contributed by atoms with Gasteiger partial charge in [-0.3, -0.25) is 4.79 Å². The Bertz CT molecular complexity index is 1410. The lowest BCUT2D eigenvalue weighted by molar-refractivity contribution is -0.0440. The van der Waals surface area contributed by atoms with Crippen molar-refractivity contribution in [3.8, 4) is 0 Å². The molecule has 0 aromatic heterocycles. The van der Waals surface area contributed by atoms with Gasteiger partial charge in [-0.1, -0.05) is 6.07 Å². The summed E-state index contributed by atoms with van der Waals surface area (Å²) in [5, 5.41) is 0. The highest BCUT2D eigenvalue weighted by Crippen LogP contribution is 2.24. The third-order valence-electron chi connectivity index (χ3n) is 6.63. The van der Waals surface area contributed by atoms with Crippen molar-refractivity contribution in [3.63, 3.8) is 0 Å². The molecule has 0 saturated carbocycles. The maximum absolute atomic E-state index is 13.3. The first-order valence-electron chi connectivity index (χ1n) is 12.8. The Morgan fingerprint density at radius 1 is 0.821 bits per heavy atom. The predicted molar refractivity (Wildman–Crippen MR) is 142 cm³/mol. The molecular weight excluding hydrogens is 546 g/mol. The second-order valence-electron chi connectivity index (χ2n) is 9.55. The first kappa shape index (κ1) is 29.2. The molecule has 13 heteroatoms. The molecule has 212 valence electrons. The third-order valence-corrected chi connectivity index (χ3v) is 10.4. The van der Waals surface area contributed by atoms with E-state index in [-0.39, 0.29) is 84.9 Å². The van der Waals surface area contributed by atoms with Crippen LogP contribution < -0.4 is 0 Å². The van der Waals surface area contributed by atoms with E-state index >= 15 is 0 Å². The number of rotatable bonds is 7. The molecular formula is C26H33N3O8S2. The molecule has 0 aliphatic carbocycles. The van der Waals surface area contributed by atoms with Crippen LogP contribution in [-0.4, -0.2) is 100 Å². The largest absolute Gasteiger partial charge is 0.462 e. The minimum absolute atomic E-state index is 0.0297. The van der Waals surface area contributed by atoms with Gasteiger partial charge in [0.15, 0.2) is 0 Å². The van der Waals surface area contributed by atoms with Crippen molar-refractivity contribution < 1.29 is 35.9 Å². The molecule has 39 heavy (non-hydrogen) atoms. The summed E-state index contributed by atoms with van der Waals surface area (Å²) in [6.07, 6.45) is -0.479. The molecule has 2 aliphatic rings. The van der Waals surface area contributed by atoms with Crippen LogP contribution in [0.5, 0.6) is 0 Å². The maximum Gasteiger partial charge on any atom is 0.338 e. The number of morpholine rings is 1. The molecule has 11 nitrogen and oxygen atoms in total. The standard InChI is InChI=1S/C26H33N3O8S2/c1-4-36-26(31)21-8-10-23(11-9-21)38(32,33)28-14-12-27(13-15-28)25(30)22-6-5-7-24(16-22)39(34,35)29-17-19(2)37-20(3)18-29/h5-11,16,19-20H,4,12-15,17-18H2,1-3H3. The van der Waals surface area contributed by atoms with Gasteiger partial charge in [0.05, 0.1) is 34.2 Å². The zero-order chi connectivity index (χ0) is 28.4. The molecule has 4 rings (SSSR count). The van der Waals surface area contributed by atoms with Gasteiger partial charge in [-0.05, 0) is 63.2 Å². The Morgan fingerprint density at radius 2 is 1.41 bits per heavy atom. The summed E-state index contributed by atoms with van der Waals surface area (Å²) >= 11 is 0. The molecule has 2 heterocycles. The number of hydrogen-bond donors (Lipinski definition) is 0. The van der Waals surface area contributed by atoms with Gasteiger partial charge in [-0.15, -0.1) is 0 Å². The SMILES string of the molecule is CCOC(=O)c1ccc(S(=O)(=O)N2CCN(C(=O)c3cccc(S(=O)(=O)N4CC(C)OC(C)C4)c3)CC2)cc1. The second kappa shape index (κ2) is 11.7. The molecule has 1 amide bonds. The fourth-order valence-corrected chi connectivity index (χ4v) is 7.77. The minimum Gasteiger partial charge on any atom is -0.462 e. The van der Waals surface area contributed by atoms with Gasteiger partial charge in [0.2, 0.25) is 20.0 Å². The number of benzene rings is 2. The van der Waals surface area contributed by atoms with Crippen molar-refractivity contribution in [3.05, 3.63) is 59.7 Å². The van der Waals surface area contributed by atoms with E-state index < -0.39 is 26.0 Å². The smallest absolute Gasteiger partial charge is 0.338 e. The van der Waals surface area contributed by atoms with Crippen LogP contribution in [0.25, 0.3) is 0 Å². The molecule has 0 spiro atoms. The number of nitrogens with zero attached hydrogens (tertiary/aromatic N) is 3. The van der Waals surface area contributed by atoms with E-state index in [1.165, 1.54) is 56.0 Å². The molecule has 2 aliphatic heterocycles. The van der Waals surface area contributed by atoms with E-state index in [0.717, 1.165) is 0 Å². The number of carbonyl (C=O) groups is 2. The van der Waals surface area contributed by atoms with Crippen molar-refractivity contribution >= 4 is 31.9 Å². The van der Waals surface area contributed by atoms with Crippen molar-refractivity contribution in [2.45, 2.75) is 42.8 Å². The normalized spacial score (nSPS) is 21.5. The number of carbonyl (C=O) groups excluding carboxylic acids is 2. The fraction of sp³-hybridized carbons (Fsp3) is 0.462. The van der Waals surface area contributed by atoms with E-state index in [1.54, 1.807) is 13.0 Å². The van der Waals surface area contributed by atoms with Crippen LogP contribution in [-0.2, 0) is 29.5 Å². The zero-order valence-electron chi connectivity index (χ0n) is 22.1. The molecule has 0 N–H and O–H groups in total. The molecule has 2 unspecified atom stereocenters. The topological polar surface area (TPSA) is 131 Å². The van der Waals surface area contributed by atoms with Crippen LogP contribution >= 0.6 is 0 Å². The molecule has 2 fully saturated rings. The van der Waals surface area contributed by atoms with Gasteiger partial charge in [-0.25, -0.2) is 21.6 Å². The quantitative estimate of drug-likeness (QED) is 0.454. The summed E-state index contributed by atoms with van der Waals surface area (Å²) in [5.41, 5.74) is 0.476. The van der Waals surface area contributed by atoms with Gasteiger partial charge in [-0.2, -0.15) is 8.61 Å². The molecule has 2 atom stereocenters. The number of sulfonamides is 2.